The molecule has 1 aromatic heterocycles. The fourth-order valence-corrected chi connectivity index (χ4v) is 4.77. The number of aryl methyl sites for hydroxylation is 1. The molecule has 3 heterocycles. The van der Waals surface area contributed by atoms with Gasteiger partial charge in [0.2, 0.25) is 0 Å². The molecule has 0 radical (unpaired) electrons. The Balaban J connectivity index is 1.74. The first kappa shape index (κ1) is 17.0. The Hall–Kier alpha value is -2.40. The molecular weight excluding hydrogens is 326 g/mol. The Bertz CT molecular complexity index is 856. The number of H-pyrrole nitrogens is 1. The average molecular weight is 351 g/mol. The fraction of sp³-hybridized carbons (Fsp3) is 0.429. The van der Waals surface area contributed by atoms with Crippen molar-refractivity contribution in [2.24, 2.45) is 11.8 Å². The fourth-order valence-electron chi connectivity index (χ4n) is 4.77. The van der Waals surface area contributed by atoms with E-state index < -0.39 is 0 Å². The molecule has 136 valence electrons. The van der Waals surface area contributed by atoms with E-state index in [0.717, 1.165) is 30.9 Å². The number of ketones is 1. The van der Waals surface area contributed by atoms with Crippen LogP contribution in [0.5, 0.6) is 0 Å². The lowest BCUT2D eigenvalue weighted by Gasteiger charge is -2.29. The van der Waals surface area contributed by atoms with Crippen LogP contribution in [-0.2, 0) is 0 Å². The zero-order valence-electron chi connectivity index (χ0n) is 15.5. The van der Waals surface area contributed by atoms with Crippen LogP contribution < -0.4 is 5.32 Å². The molecule has 5 heteroatoms. The van der Waals surface area contributed by atoms with Gasteiger partial charge in [0.05, 0.1) is 17.3 Å². The lowest BCUT2D eigenvalue weighted by Crippen LogP contribution is -2.35. The van der Waals surface area contributed by atoms with Crippen molar-refractivity contribution >= 4 is 11.7 Å². The van der Waals surface area contributed by atoms with E-state index in [0.29, 0.717) is 23.1 Å². The van der Waals surface area contributed by atoms with Crippen molar-refractivity contribution in [3.63, 3.8) is 0 Å². The average Bonchev–Trinajstić information content (AvgIpc) is 3.28. The molecule has 26 heavy (non-hydrogen) atoms. The molecule has 1 amide bonds. The molecular formula is C21H25N3O2. The van der Waals surface area contributed by atoms with Crippen LogP contribution in [-0.4, -0.2) is 41.2 Å². The van der Waals surface area contributed by atoms with Gasteiger partial charge in [0.1, 0.15) is 0 Å². The third-order valence-corrected chi connectivity index (χ3v) is 5.97. The first-order chi connectivity index (χ1) is 12.5. The minimum Gasteiger partial charge on any atom is -0.355 e. The highest BCUT2D eigenvalue weighted by molar-refractivity contribution is 6.02. The number of Topliss-reactive ketones (excluding diaryl/α,β-unsaturated/α-hetero) is 1. The summed E-state index contributed by atoms with van der Waals surface area (Å²) in [6.45, 7) is 7.94. The van der Waals surface area contributed by atoms with Gasteiger partial charge >= 0.3 is 0 Å². The number of aromatic nitrogens is 1. The number of aromatic amines is 1. The number of fused-ring (bicyclic) bond motifs is 1. The molecule has 2 aromatic rings. The number of carbonyl (C=O) groups excluding carboxylic acids is 2. The van der Waals surface area contributed by atoms with Crippen molar-refractivity contribution in [1.82, 2.24) is 15.2 Å². The summed E-state index contributed by atoms with van der Waals surface area (Å²) >= 11 is 0. The van der Waals surface area contributed by atoms with Gasteiger partial charge in [0, 0.05) is 38.2 Å². The minimum atomic E-state index is -0.0354. The van der Waals surface area contributed by atoms with E-state index in [-0.39, 0.29) is 17.7 Å². The van der Waals surface area contributed by atoms with Crippen molar-refractivity contribution in [2.45, 2.75) is 26.8 Å². The molecule has 1 aromatic carbocycles. The predicted molar refractivity (Wildman–Crippen MR) is 100 cm³/mol. The van der Waals surface area contributed by atoms with E-state index in [4.69, 9.17) is 0 Å². The van der Waals surface area contributed by atoms with Crippen LogP contribution in [0.15, 0.2) is 30.3 Å². The lowest BCUT2D eigenvalue weighted by atomic mass is 9.89. The third-order valence-electron chi connectivity index (χ3n) is 5.97. The second-order valence-electron chi connectivity index (χ2n) is 7.58. The Kier molecular flexibility index (Phi) is 4.19. The Morgan fingerprint density at radius 1 is 1.12 bits per heavy atom. The number of hydrogen-bond acceptors (Lipinski definition) is 3. The molecule has 2 saturated heterocycles. The van der Waals surface area contributed by atoms with E-state index in [1.54, 1.807) is 0 Å². The van der Waals surface area contributed by atoms with Gasteiger partial charge in [-0.15, -0.1) is 0 Å². The zero-order valence-corrected chi connectivity index (χ0v) is 15.5. The van der Waals surface area contributed by atoms with Crippen molar-refractivity contribution in [3.05, 3.63) is 58.4 Å². The van der Waals surface area contributed by atoms with Crippen molar-refractivity contribution < 1.29 is 9.59 Å². The molecule has 5 nitrogen and oxygen atoms in total. The second-order valence-corrected chi connectivity index (χ2v) is 7.58. The van der Waals surface area contributed by atoms with Gasteiger partial charge in [-0.05, 0) is 30.9 Å². The SMILES string of the molecule is CC(=O)c1[nH]c(C)c(C(=O)N2C[C@@H]3CNC[C@@H]3[C@@H]2c2ccccc2)c1C. The highest BCUT2D eigenvalue weighted by Crippen LogP contribution is 2.43. The molecule has 0 bridgehead atoms. The molecule has 0 saturated carbocycles. The van der Waals surface area contributed by atoms with Crippen LogP contribution in [0.1, 0.15) is 50.6 Å². The van der Waals surface area contributed by atoms with Crippen molar-refractivity contribution in [1.29, 1.82) is 0 Å². The van der Waals surface area contributed by atoms with Gasteiger partial charge in [0.25, 0.3) is 5.91 Å². The molecule has 3 atom stereocenters. The molecule has 0 aliphatic carbocycles. The normalized spacial score (nSPS) is 24.7. The number of benzene rings is 1. The van der Waals surface area contributed by atoms with E-state index in [1.807, 2.05) is 36.9 Å². The van der Waals surface area contributed by atoms with Gasteiger partial charge in [0.15, 0.2) is 5.78 Å². The van der Waals surface area contributed by atoms with E-state index in [1.165, 1.54) is 12.5 Å². The highest BCUT2D eigenvalue weighted by Gasteiger charge is 2.47. The molecule has 2 fully saturated rings. The van der Waals surface area contributed by atoms with Crippen molar-refractivity contribution in [2.75, 3.05) is 19.6 Å². The number of nitrogens with zero attached hydrogens (tertiary/aromatic N) is 1. The first-order valence-corrected chi connectivity index (χ1v) is 9.25. The monoisotopic (exact) mass is 351 g/mol. The van der Waals surface area contributed by atoms with Crippen LogP contribution in [0.3, 0.4) is 0 Å². The van der Waals surface area contributed by atoms with Crippen LogP contribution >= 0.6 is 0 Å². The highest BCUT2D eigenvalue weighted by atomic mass is 16.2. The smallest absolute Gasteiger partial charge is 0.256 e. The minimum absolute atomic E-state index is 0.0343. The van der Waals surface area contributed by atoms with Gasteiger partial charge in [-0.1, -0.05) is 30.3 Å². The van der Waals surface area contributed by atoms with E-state index in [2.05, 4.69) is 22.4 Å². The van der Waals surface area contributed by atoms with Crippen LogP contribution in [0, 0.1) is 25.7 Å². The van der Waals surface area contributed by atoms with Gasteiger partial charge in [-0.3, -0.25) is 9.59 Å². The number of rotatable bonds is 3. The predicted octanol–water partition coefficient (Wildman–Crippen LogP) is 2.87. The second kappa shape index (κ2) is 6.40. The molecule has 4 rings (SSSR count). The first-order valence-electron chi connectivity index (χ1n) is 9.25. The maximum atomic E-state index is 13.5. The molecule has 0 spiro atoms. The standard InChI is InChI=1S/C21H25N3O2/c1-12-18(13(2)23-19(12)14(3)25)21(26)24-11-16-9-22-10-17(16)20(24)15-7-5-4-6-8-15/h4-8,16-17,20,22-23H,9-11H2,1-3H3/t16-,17-,20-/m0/s1. The largest absolute Gasteiger partial charge is 0.355 e. The van der Waals surface area contributed by atoms with E-state index >= 15 is 0 Å². The topological polar surface area (TPSA) is 65.2 Å². The van der Waals surface area contributed by atoms with Crippen LogP contribution in [0.4, 0.5) is 0 Å². The van der Waals surface area contributed by atoms with Crippen LogP contribution in [0.25, 0.3) is 0 Å². The number of amides is 1. The summed E-state index contributed by atoms with van der Waals surface area (Å²) in [5.74, 6) is 0.919. The molecule has 2 N–H and O–H groups in total. The maximum absolute atomic E-state index is 13.5. The molecule has 2 aliphatic heterocycles. The quantitative estimate of drug-likeness (QED) is 0.836. The molecule has 2 aliphatic rings. The van der Waals surface area contributed by atoms with Crippen LogP contribution in [0.2, 0.25) is 0 Å². The summed E-state index contributed by atoms with van der Waals surface area (Å²) in [6.07, 6.45) is 0. The zero-order chi connectivity index (χ0) is 18.4. The Morgan fingerprint density at radius 2 is 1.85 bits per heavy atom. The van der Waals surface area contributed by atoms with Gasteiger partial charge in [-0.2, -0.15) is 0 Å². The summed E-state index contributed by atoms with van der Waals surface area (Å²) in [5, 5.41) is 3.48. The van der Waals surface area contributed by atoms with E-state index in [9.17, 15) is 9.59 Å². The van der Waals surface area contributed by atoms with Gasteiger partial charge < -0.3 is 15.2 Å². The third kappa shape index (κ3) is 2.58. The Labute approximate surface area is 153 Å². The summed E-state index contributed by atoms with van der Waals surface area (Å²) in [5.41, 5.74) is 3.93. The Morgan fingerprint density at radius 3 is 2.50 bits per heavy atom. The lowest BCUT2D eigenvalue weighted by molar-refractivity contribution is 0.0713. The number of likely N-dealkylation sites (tertiary alicyclic amines) is 1. The number of nitrogens with one attached hydrogen (secondary N) is 2. The number of carbonyl (C=O) groups is 2. The summed E-state index contributed by atoms with van der Waals surface area (Å²) in [6, 6.07) is 10.4. The summed E-state index contributed by atoms with van der Waals surface area (Å²) in [4.78, 5) is 30.5. The summed E-state index contributed by atoms with van der Waals surface area (Å²) < 4.78 is 0. The molecule has 0 unspecified atom stereocenters. The van der Waals surface area contributed by atoms with Crippen molar-refractivity contribution in [3.8, 4) is 0 Å². The maximum Gasteiger partial charge on any atom is 0.256 e. The number of hydrogen-bond donors (Lipinski definition) is 2. The van der Waals surface area contributed by atoms with Gasteiger partial charge in [-0.25, -0.2) is 0 Å². The summed E-state index contributed by atoms with van der Waals surface area (Å²) in [7, 11) is 0.